The van der Waals surface area contributed by atoms with E-state index >= 15 is 0 Å². The zero-order valence-corrected chi connectivity index (χ0v) is 11.6. The summed E-state index contributed by atoms with van der Waals surface area (Å²) < 4.78 is 38.9. The minimum Gasteiger partial charge on any atom is -0.480 e. The zero-order chi connectivity index (χ0) is 15.1. The van der Waals surface area contributed by atoms with E-state index in [0.29, 0.717) is 4.31 Å². The molecule has 1 saturated heterocycles. The smallest absolute Gasteiger partial charge is 0.322 e. The van der Waals surface area contributed by atoms with E-state index in [0.717, 1.165) is 12.1 Å². The van der Waals surface area contributed by atoms with Crippen molar-refractivity contribution in [3.8, 4) is 0 Å². The standard InChI is InChI=1S/C11H11ClFNO5S/c12-6-1-2-10(8(13)3-6)20(18,19)14-5-7(15)4-9(14)11(16)17/h1-3,7,9,15H,4-5H2,(H,16,17)/t7?,9-/m0/s1. The van der Waals surface area contributed by atoms with Crippen LogP contribution in [0.1, 0.15) is 6.42 Å². The van der Waals surface area contributed by atoms with Crippen molar-refractivity contribution in [1.82, 2.24) is 4.31 Å². The molecule has 1 unspecified atom stereocenters. The molecule has 1 aromatic rings. The third-order valence-corrected chi connectivity index (χ3v) is 5.14. The first-order chi connectivity index (χ1) is 9.23. The molecule has 0 saturated carbocycles. The predicted molar refractivity (Wildman–Crippen MR) is 67.3 cm³/mol. The average molecular weight is 324 g/mol. The normalized spacial score (nSPS) is 23.9. The lowest BCUT2D eigenvalue weighted by Crippen LogP contribution is -2.40. The highest BCUT2D eigenvalue weighted by Gasteiger charge is 2.44. The fourth-order valence-corrected chi connectivity index (χ4v) is 3.92. The van der Waals surface area contributed by atoms with Crippen LogP contribution in [0, 0.1) is 5.82 Å². The van der Waals surface area contributed by atoms with Gasteiger partial charge in [-0.15, -0.1) is 0 Å². The zero-order valence-electron chi connectivity index (χ0n) is 10.0. The van der Waals surface area contributed by atoms with E-state index in [4.69, 9.17) is 16.7 Å². The molecule has 2 rings (SSSR count). The van der Waals surface area contributed by atoms with E-state index in [1.165, 1.54) is 6.07 Å². The third kappa shape index (κ3) is 2.64. The number of halogens is 2. The summed E-state index contributed by atoms with van der Waals surface area (Å²) in [4.78, 5) is 10.4. The summed E-state index contributed by atoms with van der Waals surface area (Å²) in [6, 6.07) is 1.58. The number of β-amino-alcohol motifs (C(OH)–C–C–N with tert-alkyl or cyclic N) is 1. The van der Waals surface area contributed by atoms with Crippen LogP contribution in [0.3, 0.4) is 0 Å². The van der Waals surface area contributed by atoms with Gasteiger partial charge < -0.3 is 10.2 Å². The summed E-state index contributed by atoms with van der Waals surface area (Å²) in [5.74, 6) is -2.46. The Kier molecular flexibility index (Phi) is 4.01. The highest BCUT2D eigenvalue weighted by atomic mass is 35.5. The minimum atomic E-state index is -4.35. The number of aliphatic carboxylic acids is 1. The molecule has 20 heavy (non-hydrogen) atoms. The monoisotopic (exact) mass is 323 g/mol. The Labute approximate surface area is 119 Å². The molecule has 1 aliphatic heterocycles. The van der Waals surface area contributed by atoms with Gasteiger partial charge in [-0.25, -0.2) is 12.8 Å². The summed E-state index contributed by atoms with van der Waals surface area (Å²) in [5, 5.41) is 18.5. The van der Waals surface area contributed by atoms with Gasteiger partial charge in [-0.2, -0.15) is 4.31 Å². The highest BCUT2D eigenvalue weighted by molar-refractivity contribution is 7.89. The molecule has 0 amide bonds. The van der Waals surface area contributed by atoms with Crippen LogP contribution in [-0.4, -0.2) is 47.6 Å². The van der Waals surface area contributed by atoms with Gasteiger partial charge in [0.05, 0.1) is 6.10 Å². The average Bonchev–Trinajstić information content (AvgIpc) is 2.71. The van der Waals surface area contributed by atoms with Crippen LogP contribution in [0.15, 0.2) is 23.1 Å². The van der Waals surface area contributed by atoms with E-state index in [9.17, 15) is 22.7 Å². The maximum Gasteiger partial charge on any atom is 0.322 e. The Morgan fingerprint density at radius 3 is 2.65 bits per heavy atom. The number of sulfonamides is 1. The van der Waals surface area contributed by atoms with Gasteiger partial charge in [0, 0.05) is 18.0 Å². The number of aliphatic hydroxyl groups excluding tert-OH is 1. The summed E-state index contributed by atoms with van der Waals surface area (Å²) in [6.07, 6.45) is -1.33. The van der Waals surface area contributed by atoms with Crippen molar-refractivity contribution >= 4 is 27.6 Å². The van der Waals surface area contributed by atoms with Crippen LogP contribution in [0.2, 0.25) is 5.02 Å². The summed E-state index contributed by atoms with van der Waals surface area (Å²) in [7, 11) is -4.35. The van der Waals surface area contributed by atoms with Crippen LogP contribution < -0.4 is 0 Å². The van der Waals surface area contributed by atoms with E-state index in [1.807, 2.05) is 0 Å². The maximum atomic E-state index is 13.7. The number of benzene rings is 1. The number of carboxylic acids is 1. The predicted octanol–water partition coefficient (Wildman–Crippen LogP) is 0.688. The maximum absolute atomic E-state index is 13.7. The van der Waals surface area contributed by atoms with Gasteiger partial charge in [0.15, 0.2) is 0 Å². The van der Waals surface area contributed by atoms with Gasteiger partial charge in [0.2, 0.25) is 10.0 Å². The summed E-state index contributed by atoms with van der Waals surface area (Å²) >= 11 is 5.55. The van der Waals surface area contributed by atoms with E-state index < -0.39 is 38.9 Å². The van der Waals surface area contributed by atoms with Crippen molar-refractivity contribution in [3.05, 3.63) is 29.0 Å². The lowest BCUT2D eigenvalue weighted by atomic mass is 10.2. The molecule has 0 spiro atoms. The molecule has 0 radical (unpaired) electrons. The Morgan fingerprint density at radius 1 is 1.45 bits per heavy atom. The first kappa shape index (κ1) is 15.2. The highest BCUT2D eigenvalue weighted by Crippen LogP contribution is 2.29. The number of nitrogens with zero attached hydrogens (tertiary/aromatic N) is 1. The molecule has 6 nitrogen and oxygen atoms in total. The van der Waals surface area contributed by atoms with Gasteiger partial charge in [-0.1, -0.05) is 11.6 Å². The first-order valence-corrected chi connectivity index (χ1v) is 7.43. The second kappa shape index (κ2) is 5.28. The van der Waals surface area contributed by atoms with Crippen LogP contribution >= 0.6 is 11.6 Å². The molecular weight excluding hydrogens is 313 g/mol. The fourth-order valence-electron chi connectivity index (χ4n) is 2.09. The number of aliphatic hydroxyl groups is 1. The molecule has 1 aliphatic rings. The molecule has 0 aliphatic carbocycles. The number of hydrogen-bond donors (Lipinski definition) is 2. The Morgan fingerprint density at radius 2 is 2.10 bits per heavy atom. The molecule has 9 heteroatoms. The van der Waals surface area contributed by atoms with Crippen molar-refractivity contribution in [2.75, 3.05) is 6.54 Å². The van der Waals surface area contributed by atoms with Gasteiger partial charge in [-0.05, 0) is 18.2 Å². The molecular formula is C11H11ClFNO5S. The number of carbonyl (C=O) groups is 1. The summed E-state index contributed by atoms with van der Waals surface area (Å²) in [6.45, 7) is -0.388. The van der Waals surface area contributed by atoms with Crippen molar-refractivity contribution in [3.63, 3.8) is 0 Å². The molecule has 0 bridgehead atoms. The van der Waals surface area contributed by atoms with Crippen molar-refractivity contribution in [2.24, 2.45) is 0 Å². The van der Waals surface area contributed by atoms with Crippen LogP contribution in [-0.2, 0) is 14.8 Å². The quantitative estimate of drug-likeness (QED) is 0.853. The minimum absolute atomic E-state index is 0.0256. The Bertz CT molecular complexity index is 650. The molecule has 1 heterocycles. The van der Waals surface area contributed by atoms with Gasteiger partial charge >= 0.3 is 5.97 Å². The van der Waals surface area contributed by atoms with Gasteiger partial charge in [0.1, 0.15) is 16.8 Å². The lowest BCUT2D eigenvalue weighted by Gasteiger charge is -2.20. The largest absolute Gasteiger partial charge is 0.480 e. The Balaban J connectivity index is 2.46. The topological polar surface area (TPSA) is 94.9 Å². The van der Waals surface area contributed by atoms with Crippen molar-refractivity contribution < 1.29 is 27.8 Å². The number of carboxylic acid groups (broad SMARTS) is 1. The summed E-state index contributed by atoms with van der Waals surface area (Å²) in [5.41, 5.74) is 0. The molecule has 1 fully saturated rings. The molecule has 1 aromatic carbocycles. The third-order valence-electron chi connectivity index (χ3n) is 3.00. The van der Waals surface area contributed by atoms with Crippen molar-refractivity contribution in [2.45, 2.75) is 23.5 Å². The van der Waals surface area contributed by atoms with Crippen LogP contribution in [0.4, 0.5) is 4.39 Å². The lowest BCUT2D eigenvalue weighted by molar-refractivity contribution is -0.140. The molecule has 0 aromatic heterocycles. The second-order valence-electron chi connectivity index (χ2n) is 4.39. The SMILES string of the molecule is O=C(O)[C@@H]1CC(O)CN1S(=O)(=O)c1ccc(Cl)cc1F. The van der Waals surface area contributed by atoms with E-state index in [2.05, 4.69) is 0 Å². The van der Waals surface area contributed by atoms with Gasteiger partial charge in [0.25, 0.3) is 0 Å². The van der Waals surface area contributed by atoms with E-state index in [1.54, 1.807) is 0 Å². The van der Waals surface area contributed by atoms with Crippen LogP contribution in [0.5, 0.6) is 0 Å². The van der Waals surface area contributed by atoms with Gasteiger partial charge in [-0.3, -0.25) is 4.79 Å². The first-order valence-electron chi connectivity index (χ1n) is 5.61. The fraction of sp³-hybridized carbons (Fsp3) is 0.364. The molecule has 2 N–H and O–H groups in total. The molecule has 2 atom stereocenters. The number of hydrogen-bond acceptors (Lipinski definition) is 4. The van der Waals surface area contributed by atoms with Crippen molar-refractivity contribution in [1.29, 1.82) is 0 Å². The number of rotatable bonds is 3. The van der Waals surface area contributed by atoms with E-state index in [-0.39, 0.29) is 18.0 Å². The molecule has 110 valence electrons. The Hall–Kier alpha value is -1.22. The second-order valence-corrected chi connectivity index (χ2v) is 6.69. The van der Waals surface area contributed by atoms with Crippen LogP contribution in [0.25, 0.3) is 0 Å².